The number of aliphatic hydroxyl groups is 2. The molecule has 0 bridgehead atoms. The van der Waals surface area contributed by atoms with Crippen LogP contribution in [0.15, 0.2) is 48.5 Å². The molecule has 2 N–H and O–H groups in total. The van der Waals surface area contributed by atoms with E-state index in [4.69, 9.17) is 11.6 Å². The van der Waals surface area contributed by atoms with Crippen molar-refractivity contribution in [2.45, 2.75) is 18.6 Å². The Morgan fingerprint density at radius 2 is 1.96 bits per heavy atom. The lowest BCUT2D eigenvalue weighted by molar-refractivity contribution is 0.111. The van der Waals surface area contributed by atoms with E-state index in [1.54, 1.807) is 6.07 Å². The maximum atomic E-state index is 13.2. The van der Waals surface area contributed by atoms with E-state index < -0.39 is 6.10 Å². The summed E-state index contributed by atoms with van der Waals surface area (Å²) in [7, 11) is 0. The first-order chi connectivity index (χ1) is 12.1. The third-order valence-electron chi connectivity index (χ3n) is 5.88. The van der Waals surface area contributed by atoms with E-state index in [9.17, 15) is 14.6 Å². The van der Waals surface area contributed by atoms with Crippen molar-refractivity contribution >= 4 is 11.6 Å². The van der Waals surface area contributed by atoms with Crippen LogP contribution in [0.25, 0.3) is 0 Å². The van der Waals surface area contributed by atoms with Crippen molar-refractivity contribution in [3.05, 3.63) is 70.5 Å². The average molecular weight is 362 g/mol. The highest BCUT2D eigenvalue weighted by Gasteiger charge is 2.70. The SMILES string of the molecule is OC[C@@H]1[C@@H](c2ccccc2)[C@]12CN(Cc1ccc(F)cc1Cl)C[C@H]2O. The number of halogens is 2. The lowest BCUT2D eigenvalue weighted by Crippen LogP contribution is -2.23. The van der Waals surface area contributed by atoms with Gasteiger partial charge in [-0.25, -0.2) is 4.39 Å². The van der Waals surface area contributed by atoms with E-state index in [0.717, 1.165) is 5.56 Å². The molecule has 1 aliphatic heterocycles. The molecular weight excluding hydrogens is 341 g/mol. The highest BCUT2D eigenvalue weighted by Crippen LogP contribution is 2.68. The molecule has 1 spiro atoms. The summed E-state index contributed by atoms with van der Waals surface area (Å²) in [6, 6.07) is 14.5. The number of aliphatic hydroxyl groups excluding tert-OH is 2. The number of hydrogen-bond acceptors (Lipinski definition) is 3. The molecule has 1 saturated heterocycles. The van der Waals surface area contributed by atoms with E-state index >= 15 is 0 Å². The smallest absolute Gasteiger partial charge is 0.124 e. The summed E-state index contributed by atoms with van der Waals surface area (Å²) in [6.07, 6.45) is -0.492. The van der Waals surface area contributed by atoms with Crippen LogP contribution in [0.2, 0.25) is 5.02 Å². The topological polar surface area (TPSA) is 43.7 Å². The number of nitrogens with zero attached hydrogens (tertiary/aromatic N) is 1. The van der Waals surface area contributed by atoms with Gasteiger partial charge in [0.15, 0.2) is 0 Å². The van der Waals surface area contributed by atoms with Gasteiger partial charge in [-0.2, -0.15) is 0 Å². The number of likely N-dealkylation sites (tertiary alicyclic amines) is 1. The van der Waals surface area contributed by atoms with Crippen LogP contribution >= 0.6 is 11.6 Å². The van der Waals surface area contributed by atoms with E-state index in [0.29, 0.717) is 24.7 Å². The first kappa shape index (κ1) is 17.0. The summed E-state index contributed by atoms with van der Waals surface area (Å²) in [5, 5.41) is 21.0. The molecule has 2 fully saturated rings. The molecule has 1 heterocycles. The zero-order valence-electron chi connectivity index (χ0n) is 13.8. The minimum absolute atomic E-state index is 0.0681. The highest BCUT2D eigenvalue weighted by molar-refractivity contribution is 6.31. The molecule has 2 aliphatic rings. The summed E-state index contributed by atoms with van der Waals surface area (Å²) < 4.78 is 13.2. The standard InChI is InChI=1S/C20H21ClFNO2/c21-17-8-15(22)7-6-14(17)9-23-10-18(25)20(12-23)16(11-24)19(20)13-4-2-1-3-5-13/h1-8,16,18-19,24-25H,9-12H2/t16-,18-,19-,20-/m1/s1. The Bertz CT molecular complexity index is 772. The Balaban J connectivity index is 1.55. The molecule has 2 aromatic rings. The minimum atomic E-state index is -0.492. The van der Waals surface area contributed by atoms with Gasteiger partial charge in [0.1, 0.15) is 5.82 Å². The van der Waals surface area contributed by atoms with Crippen LogP contribution in [-0.4, -0.2) is 40.9 Å². The Labute approximate surface area is 151 Å². The summed E-state index contributed by atoms with van der Waals surface area (Å²) in [5.41, 5.74) is 1.72. The second-order valence-corrected chi connectivity index (χ2v) is 7.62. The van der Waals surface area contributed by atoms with E-state index in [1.165, 1.54) is 17.7 Å². The van der Waals surface area contributed by atoms with E-state index in [-0.39, 0.29) is 29.7 Å². The van der Waals surface area contributed by atoms with Crippen LogP contribution < -0.4 is 0 Å². The average Bonchev–Trinajstić information content (AvgIpc) is 3.14. The predicted molar refractivity (Wildman–Crippen MR) is 94.9 cm³/mol. The molecule has 4 atom stereocenters. The van der Waals surface area contributed by atoms with Gasteiger partial charge in [-0.15, -0.1) is 0 Å². The normalized spacial score (nSPS) is 31.6. The van der Waals surface area contributed by atoms with Crippen molar-refractivity contribution < 1.29 is 14.6 Å². The largest absolute Gasteiger partial charge is 0.396 e. The van der Waals surface area contributed by atoms with Crippen LogP contribution in [-0.2, 0) is 6.54 Å². The first-order valence-electron chi connectivity index (χ1n) is 8.56. The lowest BCUT2D eigenvalue weighted by atomic mass is 9.95. The van der Waals surface area contributed by atoms with Gasteiger partial charge in [0.05, 0.1) is 6.10 Å². The first-order valence-corrected chi connectivity index (χ1v) is 8.94. The van der Waals surface area contributed by atoms with Gasteiger partial charge in [0.2, 0.25) is 0 Å². The van der Waals surface area contributed by atoms with Gasteiger partial charge < -0.3 is 10.2 Å². The fourth-order valence-corrected chi connectivity index (χ4v) is 4.90. The van der Waals surface area contributed by atoms with Crippen molar-refractivity contribution in [3.8, 4) is 0 Å². The molecule has 132 valence electrons. The third kappa shape index (κ3) is 2.77. The van der Waals surface area contributed by atoms with Gasteiger partial charge in [0.25, 0.3) is 0 Å². The second-order valence-electron chi connectivity index (χ2n) is 7.21. The van der Waals surface area contributed by atoms with Gasteiger partial charge in [-0.3, -0.25) is 4.90 Å². The van der Waals surface area contributed by atoms with Gasteiger partial charge in [-0.1, -0.05) is 48.0 Å². The van der Waals surface area contributed by atoms with Crippen molar-refractivity contribution in [2.24, 2.45) is 11.3 Å². The summed E-state index contributed by atoms with van der Waals surface area (Å²) in [5.74, 6) is -0.112. The van der Waals surface area contributed by atoms with Crippen molar-refractivity contribution in [1.29, 1.82) is 0 Å². The Morgan fingerprint density at radius 1 is 1.20 bits per heavy atom. The fourth-order valence-electron chi connectivity index (χ4n) is 4.67. The number of hydrogen-bond donors (Lipinski definition) is 2. The highest BCUT2D eigenvalue weighted by atomic mass is 35.5. The molecule has 3 nitrogen and oxygen atoms in total. The van der Waals surface area contributed by atoms with E-state index in [2.05, 4.69) is 17.0 Å². The molecule has 2 aromatic carbocycles. The molecule has 1 saturated carbocycles. The zero-order valence-corrected chi connectivity index (χ0v) is 14.5. The summed E-state index contributed by atoms with van der Waals surface area (Å²) in [6.45, 7) is 1.87. The Kier molecular flexibility index (Phi) is 4.32. The molecule has 0 amide bonds. The maximum Gasteiger partial charge on any atom is 0.124 e. The Hall–Kier alpha value is -1.46. The molecule has 0 aromatic heterocycles. The molecule has 5 heteroatoms. The van der Waals surface area contributed by atoms with Crippen molar-refractivity contribution in [1.82, 2.24) is 4.90 Å². The second kappa shape index (κ2) is 6.36. The Morgan fingerprint density at radius 3 is 2.64 bits per heavy atom. The van der Waals surface area contributed by atoms with Crippen LogP contribution in [0, 0.1) is 17.2 Å². The van der Waals surface area contributed by atoms with Crippen molar-refractivity contribution in [3.63, 3.8) is 0 Å². The minimum Gasteiger partial charge on any atom is -0.396 e. The molecule has 4 rings (SSSR count). The maximum absolute atomic E-state index is 13.2. The van der Waals surface area contributed by atoms with Crippen LogP contribution in [0.3, 0.4) is 0 Å². The monoisotopic (exact) mass is 361 g/mol. The van der Waals surface area contributed by atoms with Crippen LogP contribution in [0.1, 0.15) is 17.0 Å². The number of rotatable bonds is 4. The molecule has 25 heavy (non-hydrogen) atoms. The fraction of sp³-hybridized carbons (Fsp3) is 0.400. The third-order valence-corrected chi connectivity index (χ3v) is 6.23. The van der Waals surface area contributed by atoms with Crippen LogP contribution in [0.5, 0.6) is 0 Å². The molecule has 1 aliphatic carbocycles. The lowest BCUT2D eigenvalue weighted by Gasteiger charge is -2.17. The number of β-amino-alcohol motifs (C(OH)–C–C–N with tert-alkyl or cyclic N) is 1. The quantitative estimate of drug-likeness (QED) is 0.879. The van der Waals surface area contributed by atoms with Crippen molar-refractivity contribution in [2.75, 3.05) is 19.7 Å². The van der Waals surface area contributed by atoms with Gasteiger partial charge in [-0.05, 0) is 35.1 Å². The van der Waals surface area contributed by atoms with Gasteiger partial charge in [0, 0.05) is 36.7 Å². The molecular formula is C20H21ClFNO2. The predicted octanol–water partition coefficient (Wildman–Crippen LogP) is 3.05. The summed E-state index contributed by atoms with van der Waals surface area (Å²) >= 11 is 6.14. The number of benzene rings is 2. The zero-order chi connectivity index (χ0) is 17.6. The van der Waals surface area contributed by atoms with E-state index in [1.807, 2.05) is 18.2 Å². The molecule has 0 unspecified atom stereocenters. The molecule has 0 radical (unpaired) electrons. The summed E-state index contributed by atoms with van der Waals surface area (Å²) in [4.78, 5) is 2.15. The van der Waals surface area contributed by atoms with Crippen LogP contribution in [0.4, 0.5) is 4.39 Å². The van der Waals surface area contributed by atoms with Gasteiger partial charge >= 0.3 is 0 Å².